The number of hydrogen-bond donors (Lipinski definition) is 0. The molecular weight excluding hydrogens is 533 g/mol. The van der Waals surface area contributed by atoms with E-state index in [2.05, 4.69) is 60.7 Å². The maximum atomic E-state index is 4.68. The van der Waals surface area contributed by atoms with E-state index in [-0.39, 0.29) is 5.41 Å². The minimum atomic E-state index is 0.130. The second-order valence-corrected chi connectivity index (χ2v) is 14.9. The van der Waals surface area contributed by atoms with E-state index in [0.717, 1.165) is 11.0 Å². The fourth-order valence-electron chi connectivity index (χ4n) is 6.47. The third kappa shape index (κ3) is 6.36. The van der Waals surface area contributed by atoms with Crippen molar-refractivity contribution in [2.75, 3.05) is 0 Å². The van der Waals surface area contributed by atoms with Gasteiger partial charge >= 0.3 is 0 Å². The van der Waals surface area contributed by atoms with Gasteiger partial charge in [0.1, 0.15) is 11.0 Å². The van der Waals surface area contributed by atoms with Gasteiger partial charge in [-0.2, -0.15) is 8.75 Å². The monoisotopic (exact) mass is 578 g/mol. The van der Waals surface area contributed by atoms with E-state index < -0.39 is 0 Å². The lowest BCUT2D eigenvalue weighted by atomic mass is 9.77. The van der Waals surface area contributed by atoms with E-state index in [1.165, 1.54) is 139 Å². The van der Waals surface area contributed by atoms with Gasteiger partial charge in [0.15, 0.2) is 0 Å². The van der Waals surface area contributed by atoms with Gasteiger partial charge in [0.05, 0.1) is 11.7 Å². The Morgan fingerprint density at radius 3 is 1.90 bits per heavy atom. The third-order valence-electron chi connectivity index (χ3n) is 8.90. The molecule has 0 saturated carbocycles. The molecule has 0 bridgehead atoms. The van der Waals surface area contributed by atoms with Crippen LogP contribution in [0.2, 0.25) is 0 Å². The Labute approximate surface area is 248 Å². The topological polar surface area (TPSA) is 25.8 Å². The SMILES string of the molecule is CCCCCCCCCCCCCCCCC1(C)c2cc(C)sc2-c2sc(-c3ccc(C)c4nsnc34)cc21. The van der Waals surface area contributed by atoms with E-state index in [1.807, 2.05) is 22.7 Å². The van der Waals surface area contributed by atoms with Crippen LogP contribution in [0.25, 0.3) is 31.2 Å². The average Bonchev–Trinajstić information content (AvgIpc) is 3.70. The van der Waals surface area contributed by atoms with Crippen molar-refractivity contribution in [3.8, 4) is 20.2 Å². The Balaban J connectivity index is 1.14. The summed E-state index contributed by atoms with van der Waals surface area (Å²) in [6.07, 6.45) is 21.1. The number of benzene rings is 1. The molecule has 0 fully saturated rings. The molecule has 1 aromatic carbocycles. The summed E-state index contributed by atoms with van der Waals surface area (Å²) in [5.41, 5.74) is 7.85. The first-order valence-electron chi connectivity index (χ1n) is 15.5. The van der Waals surface area contributed by atoms with Crippen LogP contribution in [0.4, 0.5) is 0 Å². The number of hydrogen-bond acceptors (Lipinski definition) is 5. The fourth-order valence-corrected chi connectivity index (χ4v) is 9.70. The molecule has 5 heteroatoms. The minimum Gasteiger partial charge on any atom is -0.173 e. The molecule has 3 heterocycles. The molecule has 39 heavy (non-hydrogen) atoms. The first kappa shape index (κ1) is 29.0. The van der Waals surface area contributed by atoms with Crippen LogP contribution < -0.4 is 0 Å². The zero-order valence-corrected chi connectivity index (χ0v) is 27.0. The van der Waals surface area contributed by atoms with Gasteiger partial charge in [0.25, 0.3) is 0 Å². The van der Waals surface area contributed by atoms with Crippen molar-refractivity contribution < 1.29 is 0 Å². The van der Waals surface area contributed by atoms with Crippen molar-refractivity contribution in [1.82, 2.24) is 8.75 Å². The summed E-state index contributed by atoms with van der Waals surface area (Å²) in [5.74, 6) is 0. The standard InChI is InChI=1S/C34H46N2S3/c1-5-6-7-8-9-10-11-12-13-14-15-16-17-18-21-34(4)27-22-25(3)37-32(27)33-28(34)23-29(38-33)26-20-19-24(2)30-31(26)36-39-35-30/h19-20,22-23H,5-18,21H2,1-4H3. The molecule has 0 N–H and O–H groups in total. The molecule has 210 valence electrons. The van der Waals surface area contributed by atoms with Crippen LogP contribution >= 0.6 is 34.4 Å². The molecule has 0 radical (unpaired) electrons. The van der Waals surface area contributed by atoms with Crippen molar-refractivity contribution in [3.63, 3.8) is 0 Å². The van der Waals surface area contributed by atoms with Crippen LogP contribution in [-0.4, -0.2) is 8.75 Å². The minimum absolute atomic E-state index is 0.130. The fraction of sp³-hybridized carbons (Fsp3) is 0.588. The summed E-state index contributed by atoms with van der Waals surface area (Å²) < 4.78 is 9.26. The zero-order chi connectivity index (χ0) is 27.2. The van der Waals surface area contributed by atoms with Crippen molar-refractivity contribution in [2.45, 2.75) is 129 Å². The van der Waals surface area contributed by atoms with E-state index in [4.69, 9.17) is 0 Å². The molecule has 3 aromatic heterocycles. The molecule has 1 aliphatic rings. The second-order valence-electron chi connectivity index (χ2n) is 12.0. The van der Waals surface area contributed by atoms with Gasteiger partial charge in [-0.15, -0.1) is 22.7 Å². The number of fused-ring (bicyclic) bond motifs is 4. The Kier molecular flexibility index (Phi) is 9.95. The molecule has 5 rings (SSSR count). The second kappa shape index (κ2) is 13.4. The van der Waals surface area contributed by atoms with Crippen LogP contribution in [0.3, 0.4) is 0 Å². The number of rotatable bonds is 16. The number of nitrogens with zero attached hydrogens (tertiary/aromatic N) is 2. The van der Waals surface area contributed by atoms with Crippen molar-refractivity contribution in [1.29, 1.82) is 0 Å². The van der Waals surface area contributed by atoms with Gasteiger partial charge in [-0.3, -0.25) is 0 Å². The maximum absolute atomic E-state index is 4.68. The first-order chi connectivity index (χ1) is 19.0. The number of unbranched alkanes of at least 4 members (excludes halogenated alkanes) is 13. The Bertz CT molecular complexity index is 1360. The lowest BCUT2D eigenvalue weighted by Crippen LogP contribution is -2.19. The van der Waals surface area contributed by atoms with Crippen molar-refractivity contribution >= 4 is 45.4 Å². The molecule has 0 saturated heterocycles. The van der Waals surface area contributed by atoms with E-state index in [0.29, 0.717) is 0 Å². The summed E-state index contributed by atoms with van der Waals surface area (Å²) in [5, 5.41) is 0. The van der Waals surface area contributed by atoms with Crippen LogP contribution in [0.1, 0.15) is 132 Å². The largest absolute Gasteiger partial charge is 0.173 e. The van der Waals surface area contributed by atoms with Gasteiger partial charge in [0.2, 0.25) is 0 Å². The van der Waals surface area contributed by atoms with Crippen LogP contribution in [0.5, 0.6) is 0 Å². The summed E-state index contributed by atoms with van der Waals surface area (Å²) in [6, 6.07) is 9.43. The highest BCUT2D eigenvalue weighted by Crippen LogP contribution is 2.58. The quantitative estimate of drug-likeness (QED) is 0.124. The third-order valence-corrected chi connectivity index (χ3v) is 11.8. The Hall–Kier alpha value is -1.56. The van der Waals surface area contributed by atoms with Crippen molar-refractivity contribution in [2.24, 2.45) is 0 Å². The average molecular weight is 579 g/mol. The lowest BCUT2D eigenvalue weighted by molar-refractivity contribution is 0.477. The van der Waals surface area contributed by atoms with E-state index in [9.17, 15) is 0 Å². The Morgan fingerprint density at radius 2 is 1.23 bits per heavy atom. The molecule has 1 atom stereocenters. The van der Waals surface area contributed by atoms with Gasteiger partial charge in [-0.25, -0.2) is 0 Å². The van der Waals surface area contributed by atoms with Gasteiger partial charge in [-0.05, 0) is 49.1 Å². The number of aromatic nitrogens is 2. The smallest absolute Gasteiger partial charge is 0.113 e. The van der Waals surface area contributed by atoms with Gasteiger partial charge in [0, 0.05) is 30.5 Å². The summed E-state index contributed by atoms with van der Waals surface area (Å²) in [6.45, 7) is 9.22. The first-order valence-corrected chi connectivity index (χ1v) is 17.9. The molecule has 0 spiro atoms. The normalized spacial score (nSPS) is 16.3. The molecule has 2 nitrogen and oxygen atoms in total. The number of aryl methyl sites for hydroxylation is 2. The molecule has 0 amide bonds. The highest BCUT2D eigenvalue weighted by atomic mass is 32.1. The van der Waals surface area contributed by atoms with E-state index >= 15 is 0 Å². The van der Waals surface area contributed by atoms with Gasteiger partial charge in [-0.1, -0.05) is 116 Å². The maximum Gasteiger partial charge on any atom is 0.113 e. The van der Waals surface area contributed by atoms with E-state index in [1.54, 1.807) is 11.1 Å². The summed E-state index contributed by atoms with van der Waals surface area (Å²) in [7, 11) is 0. The summed E-state index contributed by atoms with van der Waals surface area (Å²) >= 11 is 5.28. The predicted octanol–water partition coefficient (Wildman–Crippen LogP) is 12.3. The predicted molar refractivity (Wildman–Crippen MR) is 175 cm³/mol. The summed E-state index contributed by atoms with van der Waals surface area (Å²) in [4.78, 5) is 5.81. The molecular formula is C34H46N2S3. The molecule has 4 aromatic rings. The van der Waals surface area contributed by atoms with Crippen LogP contribution in [-0.2, 0) is 5.41 Å². The molecule has 1 aliphatic carbocycles. The molecule has 0 aliphatic heterocycles. The molecule has 1 unspecified atom stereocenters. The van der Waals surface area contributed by atoms with Crippen LogP contribution in [0.15, 0.2) is 24.3 Å². The van der Waals surface area contributed by atoms with Crippen LogP contribution in [0, 0.1) is 13.8 Å². The zero-order valence-electron chi connectivity index (χ0n) is 24.5. The lowest BCUT2D eigenvalue weighted by Gasteiger charge is -2.26. The highest BCUT2D eigenvalue weighted by molar-refractivity contribution is 7.24. The number of thiophene rings is 2. The van der Waals surface area contributed by atoms with Crippen molar-refractivity contribution in [3.05, 3.63) is 45.8 Å². The highest BCUT2D eigenvalue weighted by Gasteiger charge is 2.42. The van der Waals surface area contributed by atoms with Gasteiger partial charge < -0.3 is 0 Å². The Morgan fingerprint density at radius 1 is 0.667 bits per heavy atom.